The van der Waals surface area contributed by atoms with Crippen LogP contribution in [0.2, 0.25) is 0 Å². The predicted octanol–water partition coefficient (Wildman–Crippen LogP) is 8.19. The third-order valence-electron chi connectivity index (χ3n) is 6.04. The number of hydrogen-bond donors (Lipinski definition) is 1. The second-order valence-electron chi connectivity index (χ2n) is 10.5. The van der Waals surface area contributed by atoms with Gasteiger partial charge in [-0.3, -0.25) is 0 Å². The molecule has 0 radical (unpaired) electrons. The molecule has 36 heavy (non-hydrogen) atoms. The zero-order valence-corrected chi connectivity index (χ0v) is 23.9. The van der Waals surface area contributed by atoms with Crippen LogP contribution < -0.4 is 10.1 Å². The van der Waals surface area contributed by atoms with Crippen molar-refractivity contribution in [3.63, 3.8) is 0 Å². The number of carbonyl (C=O) groups is 2. The second kappa shape index (κ2) is 16.0. The lowest BCUT2D eigenvalue weighted by molar-refractivity contribution is -0.145. The van der Waals surface area contributed by atoms with Crippen LogP contribution in [0.4, 0.5) is 4.79 Å². The molecular weight excluding hydrogens is 450 g/mol. The number of rotatable bonds is 13. The Labute approximate surface area is 219 Å². The lowest BCUT2D eigenvalue weighted by Crippen LogP contribution is -2.46. The van der Waals surface area contributed by atoms with Crippen LogP contribution in [0, 0.1) is 12.8 Å². The zero-order valence-electron chi connectivity index (χ0n) is 23.9. The molecule has 1 N–H and O–H groups in total. The van der Waals surface area contributed by atoms with Gasteiger partial charge in [0, 0.05) is 0 Å². The van der Waals surface area contributed by atoms with E-state index in [1.807, 2.05) is 45.9 Å². The molecule has 0 aliphatic rings. The van der Waals surface area contributed by atoms with E-state index in [4.69, 9.17) is 9.47 Å². The van der Waals surface area contributed by atoms with E-state index in [1.54, 1.807) is 6.07 Å². The van der Waals surface area contributed by atoms with Gasteiger partial charge >= 0.3 is 12.1 Å². The molecule has 0 aliphatic heterocycles. The summed E-state index contributed by atoms with van der Waals surface area (Å²) < 4.78 is 10.9. The van der Waals surface area contributed by atoms with Gasteiger partial charge in [-0.05, 0) is 95.4 Å². The van der Waals surface area contributed by atoms with Gasteiger partial charge in [-0.1, -0.05) is 68.7 Å². The number of allylic oxidation sites excluding steroid dienone is 5. The van der Waals surface area contributed by atoms with Crippen LogP contribution in [-0.2, 0) is 9.53 Å². The van der Waals surface area contributed by atoms with Crippen molar-refractivity contribution in [3.05, 3.63) is 64.3 Å². The Kier molecular flexibility index (Phi) is 13.9. The molecule has 5 heteroatoms. The molecule has 0 spiro atoms. The number of aryl methyl sites for hydroxylation is 1. The highest BCUT2D eigenvalue weighted by Gasteiger charge is 2.26. The summed E-state index contributed by atoms with van der Waals surface area (Å²) in [7, 11) is 0. The Balaban J connectivity index is 2.55. The number of amides is 1. The molecule has 0 saturated carbocycles. The van der Waals surface area contributed by atoms with Gasteiger partial charge < -0.3 is 14.8 Å². The van der Waals surface area contributed by atoms with Crippen LogP contribution in [0.15, 0.2) is 53.1 Å². The Bertz CT molecular complexity index is 949. The maximum Gasteiger partial charge on any atom is 0.413 e. The second-order valence-corrected chi connectivity index (χ2v) is 10.5. The van der Waals surface area contributed by atoms with Crippen molar-refractivity contribution in [2.75, 3.05) is 6.61 Å². The molecule has 1 aromatic carbocycles. The third-order valence-corrected chi connectivity index (χ3v) is 6.04. The Morgan fingerprint density at radius 3 is 2.08 bits per heavy atom. The fourth-order valence-electron chi connectivity index (χ4n) is 3.60. The molecule has 0 saturated heterocycles. The van der Waals surface area contributed by atoms with Gasteiger partial charge in [-0.25, -0.2) is 9.59 Å². The van der Waals surface area contributed by atoms with Gasteiger partial charge in [-0.15, -0.1) is 0 Å². The molecule has 200 valence electrons. The van der Waals surface area contributed by atoms with E-state index in [-0.39, 0.29) is 12.5 Å². The van der Waals surface area contributed by atoms with Crippen molar-refractivity contribution in [1.29, 1.82) is 0 Å². The van der Waals surface area contributed by atoms with Gasteiger partial charge in [0.05, 0.1) is 0 Å². The Morgan fingerprint density at radius 2 is 1.53 bits per heavy atom. The quantitative estimate of drug-likeness (QED) is 0.220. The Hall–Kier alpha value is -2.82. The summed E-state index contributed by atoms with van der Waals surface area (Å²) in [6.45, 7) is 18.5. The average molecular weight is 498 g/mol. The standard InChI is InChI=1S/C31H47NO4/c1-21(2)12-10-13-24(7)14-11-15-25(8)18-19-35-30(33)29(23(5)6)32-31(34)36-28-17-16-27(22(3)4)20-26(28)9/h12,14,16-18,20,22-23,29H,10-11,13,15,19H2,1-9H3,(H,32,34). The minimum Gasteiger partial charge on any atom is -0.460 e. The van der Waals surface area contributed by atoms with Crippen LogP contribution >= 0.6 is 0 Å². The van der Waals surface area contributed by atoms with Crippen molar-refractivity contribution in [2.45, 2.75) is 100.0 Å². The van der Waals surface area contributed by atoms with E-state index in [9.17, 15) is 9.59 Å². The SMILES string of the molecule is CC(C)=CCCC(C)=CCCC(C)=CCOC(=O)C(NC(=O)Oc1ccc(C(C)C)cc1C)C(C)C. The van der Waals surface area contributed by atoms with Crippen LogP contribution in [0.3, 0.4) is 0 Å². The summed E-state index contributed by atoms with van der Waals surface area (Å²) in [4.78, 5) is 25.2. The minimum atomic E-state index is -0.784. The molecule has 1 rings (SSSR count). The van der Waals surface area contributed by atoms with E-state index < -0.39 is 18.1 Å². The molecule has 1 amide bonds. The maximum atomic E-state index is 12.7. The van der Waals surface area contributed by atoms with Crippen molar-refractivity contribution >= 4 is 12.1 Å². The highest BCUT2D eigenvalue weighted by molar-refractivity contribution is 5.82. The van der Waals surface area contributed by atoms with Crippen molar-refractivity contribution < 1.29 is 19.1 Å². The van der Waals surface area contributed by atoms with Crippen LogP contribution in [0.5, 0.6) is 5.75 Å². The van der Waals surface area contributed by atoms with Crippen LogP contribution in [0.25, 0.3) is 0 Å². The van der Waals surface area contributed by atoms with Crippen LogP contribution in [-0.4, -0.2) is 24.7 Å². The summed E-state index contributed by atoms with van der Waals surface area (Å²) in [5, 5.41) is 2.67. The summed E-state index contributed by atoms with van der Waals surface area (Å²) >= 11 is 0. The normalized spacial score (nSPS) is 13.0. The smallest absolute Gasteiger partial charge is 0.413 e. The fraction of sp³-hybridized carbons (Fsp3) is 0.548. The lowest BCUT2D eigenvalue weighted by Gasteiger charge is -2.20. The average Bonchev–Trinajstić information content (AvgIpc) is 2.78. The van der Waals surface area contributed by atoms with Crippen molar-refractivity contribution in [3.8, 4) is 5.75 Å². The lowest BCUT2D eigenvalue weighted by atomic mass is 10.0. The number of esters is 1. The largest absolute Gasteiger partial charge is 0.460 e. The van der Waals surface area contributed by atoms with Crippen LogP contribution in [0.1, 0.15) is 98.1 Å². The van der Waals surface area contributed by atoms with E-state index in [0.717, 1.165) is 31.2 Å². The number of carbonyl (C=O) groups excluding carboxylic acids is 2. The molecule has 0 aliphatic carbocycles. The van der Waals surface area contributed by atoms with Crippen molar-refractivity contribution in [2.24, 2.45) is 5.92 Å². The summed E-state index contributed by atoms with van der Waals surface area (Å²) in [6, 6.07) is 4.97. The summed E-state index contributed by atoms with van der Waals surface area (Å²) in [6.07, 6.45) is 9.87. The molecule has 0 heterocycles. The molecule has 1 atom stereocenters. The molecule has 0 bridgehead atoms. The van der Waals surface area contributed by atoms with Gasteiger partial charge in [0.15, 0.2) is 0 Å². The predicted molar refractivity (Wildman–Crippen MR) is 149 cm³/mol. The van der Waals surface area contributed by atoms with E-state index >= 15 is 0 Å². The zero-order chi connectivity index (χ0) is 27.3. The number of nitrogens with one attached hydrogen (secondary N) is 1. The third kappa shape index (κ3) is 12.2. The molecular formula is C31H47NO4. The van der Waals surface area contributed by atoms with Gasteiger partial charge in [0.1, 0.15) is 18.4 Å². The molecule has 5 nitrogen and oxygen atoms in total. The maximum absolute atomic E-state index is 12.7. The number of ether oxygens (including phenoxy) is 2. The number of benzene rings is 1. The topological polar surface area (TPSA) is 64.6 Å². The van der Waals surface area contributed by atoms with Gasteiger partial charge in [-0.2, -0.15) is 0 Å². The minimum absolute atomic E-state index is 0.140. The first-order valence-electron chi connectivity index (χ1n) is 13.1. The first-order valence-corrected chi connectivity index (χ1v) is 13.1. The highest BCUT2D eigenvalue weighted by atomic mass is 16.6. The van der Waals surface area contributed by atoms with E-state index in [1.165, 1.54) is 22.3 Å². The molecule has 0 aromatic heterocycles. The molecule has 1 unspecified atom stereocenters. The Morgan fingerprint density at radius 1 is 0.917 bits per heavy atom. The number of hydrogen-bond acceptors (Lipinski definition) is 4. The monoisotopic (exact) mass is 497 g/mol. The van der Waals surface area contributed by atoms with Crippen molar-refractivity contribution in [1.82, 2.24) is 5.32 Å². The fourth-order valence-corrected chi connectivity index (χ4v) is 3.60. The van der Waals surface area contributed by atoms with E-state index in [2.05, 4.69) is 52.1 Å². The van der Waals surface area contributed by atoms with E-state index in [0.29, 0.717) is 11.7 Å². The van der Waals surface area contributed by atoms with Gasteiger partial charge in [0.25, 0.3) is 0 Å². The first-order chi connectivity index (χ1) is 16.9. The highest BCUT2D eigenvalue weighted by Crippen LogP contribution is 2.23. The summed E-state index contributed by atoms with van der Waals surface area (Å²) in [5.74, 6) is 0.266. The first kappa shape index (κ1) is 31.2. The molecule has 0 fully saturated rings. The molecule has 1 aromatic rings. The summed E-state index contributed by atoms with van der Waals surface area (Å²) in [5.41, 5.74) is 5.98. The van der Waals surface area contributed by atoms with Gasteiger partial charge in [0.2, 0.25) is 0 Å².